The fraction of sp³-hybridized carbons (Fsp3) is 0.217. The van der Waals surface area contributed by atoms with Crippen molar-refractivity contribution in [3.63, 3.8) is 0 Å². The summed E-state index contributed by atoms with van der Waals surface area (Å²) in [6.07, 6.45) is 0. The van der Waals surface area contributed by atoms with Gasteiger partial charge in [-0.3, -0.25) is 4.79 Å². The van der Waals surface area contributed by atoms with Crippen LogP contribution in [0.5, 0.6) is 5.75 Å². The van der Waals surface area contributed by atoms with Crippen molar-refractivity contribution in [3.05, 3.63) is 70.1 Å². The van der Waals surface area contributed by atoms with Gasteiger partial charge >= 0.3 is 0 Å². The quantitative estimate of drug-likeness (QED) is 0.275. The van der Waals surface area contributed by atoms with E-state index in [0.717, 1.165) is 39.2 Å². The molecule has 0 fully saturated rings. The molecule has 2 aromatic carbocycles. The molecule has 0 radical (unpaired) electrons. The van der Waals surface area contributed by atoms with E-state index in [2.05, 4.69) is 16.3 Å². The molecule has 32 heavy (non-hydrogen) atoms. The maximum Gasteiger partial charge on any atom is 0.277 e. The van der Waals surface area contributed by atoms with Gasteiger partial charge in [0.15, 0.2) is 12.4 Å². The third kappa shape index (κ3) is 4.66. The molecule has 0 unspecified atom stereocenters. The summed E-state index contributed by atoms with van der Waals surface area (Å²) < 4.78 is 11.4. The van der Waals surface area contributed by atoms with Gasteiger partial charge in [0.05, 0.1) is 11.4 Å². The summed E-state index contributed by atoms with van der Waals surface area (Å²) in [5.74, 6) is 0.820. The number of hydrogen-bond acceptors (Lipinski definition) is 9. The van der Waals surface area contributed by atoms with Crippen molar-refractivity contribution in [2.75, 3.05) is 17.7 Å². The first-order valence-corrected chi connectivity index (χ1v) is 11.6. The Kier molecular flexibility index (Phi) is 6.53. The van der Waals surface area contributed by atoms with E-state index in [1.807, 2.05) is 68.3 Å². The van der Waals surface area contributed by atoms with E-state index >= 15 is 0 Å². The number of carbonyl (C=O) groups excluding carboxylic acids is 1. The molecule has 1 aliphatic rings. The number of carbonyl (C=O) groups is 1. The second kappa shape index (κ2) is 9.51. The molecule has 9 heteroatoms. The molecule has 0 saturated heterocycles. The van der Waals surface area contributed by atoms with Gasteiger partial charge in [-0.05, 0) is 43.2 Å². The van der Waals surface area contributed by atoms with Crippen molar-refractivity contribution < 1.29 is 13.9 Å². The number of ketones is 1. The number of fused-ring (bicyclic) bond motifs is 1. The fourth-order valence-electron chi connectivity index (χ4n) is 3.11. The molecule has 2 heterocycles. The molecule has 0 atom stereocenters. The number of allylic oxidation sites excluding steroid dienone is 1. The molecule has 0 saturated carbocycles. The number of aromatic nitrogens is 2. The third-order valence-electron chi connectivity index (χ3n) is 4.81. The first-order valence-electron chi connectivity index (χ1n) is 9.79. The summed E-state index contributed by atoms with van der Waals surface area (Å²) in [7, 11) is 1.85. The van der Waals surface area contributed by atoms with Crippen molar-refractivity contribution in [3.8, 4) is 11.8 Å². The van der Waals surface area contributed by atoms with E-state index < -0.39 is 0 Å². The van der Waals surface area contributed by atoms with Gasteiger partial charge in [0, 0.05) is 11.9 Å². The number of thioether (sulfide) groups is 2. The SMILES string of the molecule is Cc1ccc(C)c(OCc2nnc(SCC(=O)/C(C#N)=C3\Sc4ccccc4N3C)o2)c1. The average Bonchev–Trinajstić information content (AvgIpc) is 3.38. The minimum atomic E-state index is -0.286. The maximum atomic E-state index is 12.8. The molecule has 162 valence electrons. The number of ether oxygens (including phenoxy) is 1. The Bertz CT molecular complexity index is 1250. The van der Waals surface area contributed by atoms with Crippen molar-refractivity contribution >= 4 is 35.0 Å². The van der Waals surface area contributed by atoms with Crippen LogP contribution >= 0.6 is 23.5 Å². The topological polar surface area (TPSA) is 92.2 Å². The average molecular weight is 465 g/mol. The van der Waals surface area contributed by atoms with Crippen LogP contribution in [0.3, 0.4) is 0 Å². The number of Topliss-reactive ketones (excluding diaryl/α,β-unsaturated/α-hetero) is 1. The van der Waals surface area contributed by atoms with Crippen molar-refractivity contribution in [1.82, 2.24) is 10.2 Å². The van der Waals surface area contributed by atoms with Crippen molar-refractivity contribution in [2.24, 2.45) is 0 Å². The Morgan fingerprint density at radius 1 is 1.25 bits per heavy atom. The molecule has 0 bridgehead atoms. The lowest BCUT2D eigenvalue weighted by molar-refractivity contribution is -0.112. The molecule has 0 amide bonds. The molecule has 0 N–H and O–H groups in total. The van der Waals surface area contributed by atoms with Crippen LogP contribution in [0.1, 0.15) is 17.0 Å². The molecule has 0 aliphatic carbocycles. The van der Waals surface area contributed by atoms with Gasteiger partial charge in [-0.1, -0.05) is 47.8 Å². The molecule has 0 spiro atoms. The highest BCUT2D eigenvalue weighted by Gasteiger charge is 2.28. The smallest absolute Gasteiger partial charge is 0.277 e. The highest BCUT2D eigenvalue weighted by Crippen LogP contribution is 2.46. The summed E-state index contributed by atoms with van der Waals surface area (Å²) in [5.41, 5.74) is 3.22. The van der Waals surface area contributed by atoms with Crippen LogP contribution in [0.25, 0.3) is 0 Å². The van der Waals surface area contributed by atoms with Crippen LogP contribution in [-0.4, -0.2) is 28.8 Å². The Hall–Kier alpha value is -3.22. The lowest BCUT2D eigenvalue weighted by Gasteiger charge is -2.14. The lowest BCUT2D eigenvalue weighted by atomic mass is 10.1. The number of rotatable bonds is 7. The second-order valence-corrected chi connectivity index (χ2v) is 9.11. The summed E-state index contributed by atoms with van der Waals surface area (Å²) in [5, 5.41) is 18.5. The normalized spacial score (nSPS) is 14.1. The molecule has 1 aromatic heterocycles. The molecule has 4 rings (SSSR count). The van der Waals surface area contributed by atoms with Crippen LogP contribution in [0, 0.1) is 25.2 Å². The number of nitrogens with zero attached hydrogens (tertiary/aromatic N) is 4. The predicted molar refractivity (Wildman–Crippen MR) is 124 cm³/mol. The van der Waals surface area contributed by atoms with Gasteiger partial charge in [0.25, 0.3) is 11.1 Å². The first-order chi connectivity index (χ1) is 15.5. The largest absolute Gasteiger partial charge is 0.484 e. The van der Waals surface area contributed by atoms with Gasteiger partial charge in [0.1, 0.15) is 22.4 Å². The number of nitriles is 1. The summed E-state index contributed by atoms with van der Waals surface area (Å²) in [4.78, 5) is 15.7. The van der Waals surface area contributed by atoms with Gasteiger partial charge < -0.3 is 14.1 Å². The predicted octanol–water partition coefficient (Wildman–Crippen LogP) is 4.90. The zero-order chi connectivity index (χ0) is 22.7. The number of aryl methyl sites for hydroxylation is 2. The van der Waals surface area contributed by atoms with Crippen LogP contribution in [0.15, 0.2) is 67.6 Å². The number of hydrogen-bond donors (Lipinski definition) is 0. The highest BCUT2D eigenvalue weighted by molar-refractivity contribution is 8.03. The molecule has 1 aliphatic heterocycles. The minimum Gasteiger partial charge on any atom is -0.484 e. The van der Waals surface area contributed by atoms with E-state index in [0.29, 0.717) is 10.9 Å². The van der Waals surface area contributed by atoms with Gasteiger partial charge in [-0.15, -0.1) is 10.2 Å². The molecule has 7 nitrogen and oxygen atoms in total. The van der Waals surface area contributed by atoms with Crippen LogP contribution in [0.2, 0.25) is 0 Å². The number of benzene rings is 2. The standard InChI is InChI=1S/C23H20N4O3S2/c1-14-8-9-15(2)19(10-14)29-12-21-25-26-23(30-21)31-13-18(28)16(11-24)22-27(3)17-6-4-5-7-20(17)32-22/h4-10H,12-13H2,1-3H3/b22-16-. The fourth-order valence-corrected chi connectivity index (χ4v) is 4.92. The zero-order valence-corrected chi connectivity index (χ0v) is 19.4. The Labute approximate surface area is 194 Å². The van der Waals surface area contributed by atoms with Crippen molar-refractivity contribution in [1.29, 1.82) is 5.26 Å². The zero-order valence-electron chi connectivity index (χ0n) is 17.8. The van der Waals surface area contributed by atoms with E-state index in [9.17, 15) is 10.1 Å². The first kappa shape index (κ1) is 22.0. The minimum absolute atomic E-state index is 0.0244. The van der Waals surface area contributed by atoms with Gasteiger partial charge in [0.2, 0.25) is 0 Å². The Balaban J connectivity index is 1.38. The number of para-hydroxylation sites is 1. The maximum absolute atomic E-state index is 12.8. The van der Waals surface area contributed by atoms with Crippen LogP contribution in [-0.2, 0) is 11.4 Å². The van der Waals surface area contributed by atoms with Gasteiger partial charge in [-0.25, -0.2) is 0 Å². The summed E-state index contributed by atoms with van der Waals surface area (Å²) in [6.45, 7) is 4.10. The second-order valence-electron chi connectivity index (χ2n) is 7.15. The van der Waals surface area contributed by atoms with E-state index in [1.165, 1.54) is 11.8 Å². The lowest BCUT2D eigenvalue weighted by Crippen LogP contribution is -2.16. The molecular formula is C23H20N4O3S2. The number of anilines is 1. The highest BCUT2D eigenvalue weighted by atomic mass is 32.2. The third-order valence-corrected chi connectivity index (χ3v) is 6.87. The van der Waals surface area contributed by atoms with E-state index in [1.54, 1.807) is 0 Å². The van der Waals surface area contributed by atoms with Crippen LogP contribution in [0.4, 0.5) is 5.69 Å². The molecule has 3 aromatic rings. The summed E-state index contributed by atoms with van der Waals surface area (Å²) in [6, 6.07) is 15.8. The van der Waals surface area contributed by atoms with Crippen LogP contribution < -0.4 is 9.64 Å². The Morgan fingerprint density at radius 2 is 2.06 bits per heavy atom. The van der Waals surface area contributed by atoms with Gasteiger partial charge in [-0.2, -0.15) is 5.26 Å². The van der Waals surface area contributed by atoms with Crippen molar-refractivity contribution in [2.45, 2.75) is 30.6 Å². The van der Waals surface area contributed by atoms with E-state index in [-0.39, 0.29) is 28.9 Å². The molecular weight excluding hydrogens is 444 g/mol. The monoisotopic (exact) mass is 464 g/mol. The summed E-state index contributed by atoms with van der Waals surface area (Å²) >= 11 is 2.53. The van der Waals surface area contributed by atoms with E-state index in [4.69, 9.17) is 9.15 Å². The Morgan fingerprint density at radius 3 is 2.84 bits per heavy atom.